The van der Waals surface area contributed by atoms with Gasteiger partial charge >= 0.3 is 6.09 Å². The van der Waals surface area contributed by atoms with Crippen molar-refractivity contribution in [2.24, 2.45) is 0 Å². The van der Waals surface area contributed by atoms with Crippen molar-refractivity contribution in [2.45, 2.75) is 6.92 Å². The molecule has 0 aliphatic rings. The van der Waals surface area contributed by atoms with Gasteiger partial charge in [0.2, 0.25) is 5.88 Å². The number of rotatable bonds is 7. The standard InChI is InChI=1S/C25H20FN5O4S/c1-14-8-16(23-19(9-14)30-22(33-2)13-28-23)24-31-18-10-17(26)20(11-21(18)36-24)34-6-7-35-25(32)29-15-4-3-5-27-12-15/h3-5,8-13H,6-7H2,1-2H3,(H,29,32). The molecule has 0 atom stereocenters. The number of pyridine rings is 1. The van der Waals surface area contributed by atoms with Crippen molar-refractivity contribution in [3.63, 3.8) is 0 Å². The maximum atomic E-state index is 14.7. The first-order valence-corrected chi connectivity index (χ1v) is 11.7. The van der Waals surface area contributed by atoms with E-state index >= 15 is 0 Å². The molecule has 3 heterocycles. The Hall–Kier alpha value is -4.38. The quantitative estimate of drug-likeness (QED) is 0.294. The number of fused-ring (bicyclic) bond motifs is 2. The lowest BCUT2D eigenvalue weighted by Crippen LogP contribution is -2.17. The summed E-state index contributed by atoms with van der Waals surface area (Å²) in [5.41, 5.74) is 4.17. The third-order valence-corrected chi connectivity index (χ3v) is 6.18. The predicted molar refractivity (Wildman–Crippen MR) is 134 cm³/mol. The minimum absolute atomic E-state index is 0.0194. The Morgan fingerprint density at radius 2 is 2.00 bits per heavy atom. The number of amides is 1. The van der Waals surface area contributed by atoms with Gasteiger partial charge in [0, 0.05) is 23.9 Å². The number of ether oxygens (including phenoxy) is 3. The van der Waals surface area contributed by atoms with Crippen molar-refractivity contribution in [3.8, 4) is 22.2 Å². The monoisotopic (exact) mass is 505 g/mol. The van der Waals surface area contributed by atoms with Gasteiger partial charge in [-0.2, -0.15) is 0 Å². The summed E-state index contributed by atoms with van der Waals surface area (Å²) in [5.74, 6) is -0.0869. The number of carbonyl (C=O) groups is 1. The van der Waals surface area contributed by atoms with Gasteiger partial charge in [0.25, 0.3) is 0 Å². The molecule has 5 aromatic rings. The van der Waals surface area contributed by atoms with E-state index in [0.29, 0.717) is 33.1 Å². The van der Waals surface area contributed by atoms with Crippen molar-refractivity contribution < 1.29 is 23.4 Å². The Labute approximate surface area is 208 Å². The minimum Gasteiger partial charge on any atom is -0.487 e. The highest BCUT2D eigenvalue weighted by Gasteiger charge is 2.16. The Kier molecular flexibility index (Phi) is 6.54. The van der Waals surface area contributed by atoms with Gasteiger partial charge in [0.15, 0.2) is 11.6 Å². The Bertz CT molecular complexity index is 1560. The van der Waals surface area contributed by atoms with Gasteiger partial charge in [-0.3, -0.25) is 10.3 Å². The third kappa shape index (κ3) is 5.01. The summed E-state index contributed by atoms with van der Waals surface area (Å²) in [7, 11) is 1.54. The van der Waals surface area contributed by atoms with E-state index in [1.165, 1.54) is 30.7 Å². The molecule has 0 unspecified atom stereocenters. The number of aromatic nitrogens is 4. The fourth-order valence-corrected chi connectivity index (χ4v) is 4.53. The summed E-state index contributed by atoms with van der Waals surface area (Å²) in [6.07, 6.45) is 3.99. The van der Waals surface area contributed by atoms with Crippen LogP contribution in [0.15, 0.2) is 55.0 Å². The molecule has 0 saturated heterocycles. The first-order valence-electron chi connectivity index (χ1n) is 10.9. The van der Waals surface area contributed by atoms with Gasteiger partial charge < -0.3 is 14.2 Å². The second-order valence-corrected chi connectivity index (χ2v) is 8.74. The van der Waals surface area contributed by atoms with Crippen LogP contribution in [0.1, 0.15) is 5.56 Å². The zero-order valence-electron chi connectivity index (χ0n) is 19.3. The van der Waals surface area contributed by atoms with Crippen LogP contribution in [0.4, 0.5) is 14.9 Å². The van der Waals surface area contributed by atoms with E-state index in [9.17, 15) is 9.18 Å². The molecular weight excluding hydrogens is 485 g/mol. The van der Waals surface area contributed by atoms with E-state index in [4.69, 9.17) is 14.2 Å². The summed E-state index contributed by atoms with van der Waals surface area (Å²) in [5, 5.41) is 3.23. The lowest BCUT2D eigenvalue weighted by Gasteiger charge is -2.09. The van der Waals surface area contributed by atoms with Crippen molar-refractivity contribution in [1.82, 2.24) is 19.9 Å². The van der Waals surface area contributed by atoms with Gasteiger partial charge in [-0.05, 0) is 36.8 Å². The van der Waals surface area contributed by atoms with E-state index in [2.05, 4.69) is 25.3 Å². The fraction of sp³-hybridized carbons (Fsp3) is 0.160. The first-order chi connectivity index (χ1) is 17.5. The molecule has 0 aliphatic carbocycles. The number of hydrogen-bond acceptors (Lipinski definition) is 9. The SMILES string of the molecule is COc1cnc2c(-c3nc4cc(F)c(OCCOC(=O)Nc5cccnc5)cc4s3)cc(C)cc2n1. The highest BCUT2D eigenvalue weighted by atomic mass is 32.1. The minimum atomic E-state index is -0.652. The Morgan fingerprint density at radius 3 is 2.81 bits per heavy atom. The number of thiazole rings is 1. The Balaban J connectivity index is 1.31. The number of methoxy groups -OCH3 is 1. The van der Waals surface area contributed by atoms with E-state index < -0.39 is 11.9 Å². The highest BCUT2D eigenvalue weighted by Crippen LogP contribution is 2.37. The van der Waals surface area contributed by atoms with E-state index in [0.717, 1.165) is 15.8 Å². The van der Waals surface area contributed by atoms with Gasteiger partial charge in [0.1, 0.15) is 18.2 Å². The molecule has 182 valence electrons. The summed E-state index contributed by atoms with van der Waals surface area (Å²) in [4.78, 5) is 29.3. The summed E-state index contributed by atoms with van der Waals surface area (Å²) in [6, 6.07) is 10.2. The molecule has 36 heavy (non-hydrogen) atoms. The number of hydrogen-bond donors (Lipinski definition) is 1. The lowest BCUT2D eigenvalue weighted by atomic mass is 10.1. The number of nitrogens with zero attached hydrogens (tertiary/aromatic N) is 4. The van der Waals surface area contributed by atoms with Crippen molar-refractivity contribution in [1.29, 1.82) is 0 Å². The average molecular weight is 506 g/mol. The van der Waals surface area contributed by atoms with Crippen LogP contribution in [0.5, 0.6) is 11.6 Å². The molecule has 9 nitrogen and oxygen atoms in total. The fourth-order valence-electron chi connectivity index (χ4n) is 3.54. The van der Waals surface area contributed by atoms with Gasteiger partial charge in [-0.1, -0.05) is 0 Å². The van der Waals surface area contributed by atoms with Gasteiger partial charge in [0.05, 0.1) is 46.4 Å². The highest BCUT2D eigenvalue weighted by molar-refractivity contribution is 7.21. The van der Waals surface area contributed by atoms with E-state index in [1.807, 2.05) is 19.1 Å². The molecule has 0 saturated carbocycles. The van der Waals surface area contributed by atoms with E-state index in [1.54, 1.807) is 30.6 Å². The van der Waals surface area contributed by atoms with Gasteiger partial charge in [-0.25, -0.2) is 24.1 Å². The molecule has 0 bridgehead atoms. The van der Waals surface area contributed by atoms with Crippen LogP contribution in [-0.4, -0.2) is 46.4 Å². The van der Waals surface area contributed by atoms with Crippen molar-refractivity contribution >= 4 is 44.4 Å². The molecule has 3 aromatic heterocycles. The molecule has 0 radical (unpaired) electrons. The smallest absolute Gasteiger partial charge is 0.411 e. The second-order valence-electron chi connectivity index (χ2n) is 7.71. The van der Waals surface area contributed by atoms with Crippen LogP contribution >= 0.6 is 11.3 Å². The largest absolute Gasteiger partial charge is 0.487 e. The molecule has 1 N–H and O–H groups in total. The number of anilines is 1. The van der Waals surface area contributed by atoms with Crippen LogP contribution in [0, 0.1) is 12.7 Å². The average Bonchev–Trinajstić information content (AvgIpc) is 3.28. The maximum absolute atomic E-state index is 14.7. The first kappa shape index (κ1) is 23.4. The maximum Gasteiger partial charge on any atom is 0.411 e. The lowest BCUT2D eigenvalue weighted by molar-refractivity contribution is 0.136. The van der Waals surface area contributed by atoms with Crippen molar-refractivity contribution in [3.05, 3.63) is 66.4 Å². The molecule has 2 aromatic carbocycles. The molecule has 0 fully saturated rings. The normalized spacial score (nSPS) is 11.0. The number of halogens is 1. The topological polar surface area (TPSA) is 108 Å². The number of benzene rings is 2. The molecular formula is C25H20FN5O4S. The summed E-state index contributed by atoms with van der Waals surface area (Å²) in [6.45, 7) is 1.88. The van der Waals surface area contributed by atoms with Crippen molar-refractivity contribution in [2.75, 3.05) is 25.6 Å². The number of carbonyl (C=O) groups excluding carboxylic acids is 1. The van der Waals surface area contributed by atoms with Crippen LogP contribution in [0.25, 0.3) is 31.8 Å². The summed E-state index contributed by atoms with van der Waals surface area (Å²) < 4.78 is 31.2. The molecule has 0 aliphatic heterocycles. The predicted octanol–water partition coefficient (Wildman–Crippen LogP) is 5.39. The zero-order chi connectivity index (χ0) is 25.1. The van der Waals surface area contributed by atoms with E-state index in [-0.39, 0.29) is 19.0 Å². The van der Waals surface area contributed by atoms with Crippen LogP contribution in [-0.2, 0) is 4.74 Å². The second kappa shape index (κ2) is 10.1. The zero-order valence-corrected chi connectivity index (χ0v) is 20.1. The number of aryl methyl sites for hydroxylation is 1. The molecule has 1 amide bonds. The molecule has 5 rings (SSSR count). The van der Waals surface area contributed by atoms with Gasteiger partial charge in [-0.15, -0.1) is 11.3 Å². The van der Waals surface area contributed by atoms with Crippen LogP contribution < -0.4 is 14.8 Å². The van der Waals surface area contributed by atoms with Crippen LogP contribution in [0.3, 0.4) is 0 Å². The molecule has 0 spiro atoms. The summed E-state index contributed by atoms with van der Waals surface area (Å²) >= 11 is 1.39. The third-order valence-electron chi connectivity index (χ3n) is 5.13. The number of nitrogens with one attached hydrogen (secondary N) is 1. The molecule has 11 heteroatoms. The Morgan fingerprint density at radius 1 is 1.11 bits per heavy atom. The van der Waals surface area contributed by atoms with Crippen LogP contribution in [0.2, 0.25) is 0 Å².